The van der Waals surface area contributed by atoms with Gasteiger partial charge in [-0.2, -0.15) is 0 Å². The number of para-hydroxylation sites is 4. The van der Waals surface area contributed by atoms with Crippen LogP contribution in [-0.4, -0.2) is 15.0 Å². The van der Waals surface area contributed by atoms with E-state index in [1.165, 1.54) is 93.8 Å². The highest BCUT2D eigenvalue weighted by Gasteiger charge is 2.24. The standard InChI is InChI=1S/C54H39N3/c1-2-36-35-53(55-48-22-12-9-21-46(48)54(36)39-27-25-38(26-28-39)37-15-5-3-6-16-37)57-50-24-14-10-19-43(50)45-31-29-41(34-52(45)57)40-30-32-51-47(33-40)44-20-11-13-23-49(44)56(51)42-17-7-4-8-18-42/h3-34H,2,35H2,1H3. The molecule has 8 aromatic carbocycles. The van der Waals surface area contributed by atoms with Gasteiger partial charge in [-0.05, 0) is 88.3 Å². The number of nitrogens with zero attached hydrogens (tertiary/aromatic N) is 3. The Labute approximate surface area is 332 Å². The lowest BCUT2D eigenvalue weighted by Gasteiger charge is -2.16. The summed E-state index contributed by atoms with van der Waals surface area (Å²) in [5.74, 6) is 1.04. The van der Waals surface area contributed by atoms with Gasteiger partial charge in [-0.1, -0.05) is 158 Å². The number of fused-ring (bicyclic) bond motifs is 7. The summed E-state index contributed by atoms with van der Waals surface area (Å²) in [7, 11) is 0. The molecule has 270 valence electrons. The van der Waals surface area contributed by atoms with Gasteiger partial charge in [-0.3, -0.25) is 4.57 Å². The lowest BCUT2D eigenvalue weighted by Crippen LogP contribution is -2.12. The maximum Gasteiger partial charge on any atom is 0.118 e. The highest BCUT2D eigenvalue weighted by molar-refractivity contribution is 6.16. The Morgan fingerprint density at radius 1 is 0.421 bits per heavy atom. The third kappa shape index (κ3) is 5.46. The van der Waals surface area contributed by atoms with Crippen molar-refractivity contribution in [2.75, 3.05) is 0 Å². The molecule has 3 heterocycles. The van der Waals surface area contributed by atoms with E-state index in [1.807, 2.05) is 0 Å². The fourth-order valence-electron chi connectivity index (χ4n) is 9.12. The highest BCUT2D eigenvalue weighted by Crippen LogP contribution is 2.42. The maximum absolute atomic E-state index is 5.57. The van der Waals surface area contributed by atoms with Crippen LogP contribution in [0.2, 0.25) is 0 Å². The van der Waals surface area contributed by atoms with Crippen LogP contribution < -0.4 is 0 Å². The van der Waals surface area contributed by atoms with Gasteiger partial charge in [0.1, 0.15) is 5.84 Å². The van der Waals surface area contributed by atoms with Crippen LogP contribution in [0.1, 0.15) is 30.9 Å². The largest absolute Gasteiger partial charge is 0.309 e. The zero-order chi connectivity index (χ0) is 37.9. The first kappa shape index (κ1) is 33.1. The van der Waals surface area contributed by atoms with Crippen molar-refractivity contribution < 1.29 is 0 Å². The molecule has 57 heavy (non-hydrogen) atoms. The zero-order valence-electron chi connectivity index (χ0n) is 31.7. The molecule has 0 N–H and O–H groups in total. The van der Waals surface area contributed by atoms with Gasteiger partial charge in [0.15, 0.2) is 0 Å². The SMILES string of the molecule is CCC1=C(c2ccc(-c3ccccc3)cc2)c2ccccc2N=C(n2c3ccccc3c3ccc(-c4ccc5c(c4)c4ccccc4n5-c4ccccc4)cc32)C1. The number of hydrogen-bond donors (Lipinski definition) is 0. The van der Waals surface area contributed by atoms with Crippen LogP contribution >= 0.6 is 0 Å². The molecule has 0 saturated carbocycles. The number of aliphatic imine (C=N–C) groups is 1. The Morgan fingerprint density at radius 2 is 0.965 bits per heavy atom. The summed E-state index contributed by atoms with van der Waals surface area (Å²) < 4.78 is 4.81. The first-order valence-electron chi connectivity index (χ1n) is 19.9. The maximum atomic E-state index is 5.57. The third-order valence-corrected chi connectivity index (χ3v) is 11.8. The van der Waals surface area contributed by atoms with Crippen LogP contribution in [0.4, 0.5) is 5.69 Å². The monoisotopic (exact) mass is 729 g/mol. The summed E-state index contributed by atoms with van der Waals surface area (Å²) in [6.45, 7) is 2.29. The Morgan fingerprint density at radius 3 is 1.74 bits per heavy atom. The van der Waals surface area contributed by atoms with Crippen molar-refractivity contribution >= 4 is 60.7 Å². The minimum atomic E-state index is 0.740. The summed E-state index contributed by atoms with van der Waals surface area (Å²) in [5.41, 5.74) is 16.8. The summed E-state index contributed by atoms with van der Waals surface area (Å²) in [6.07, 6.45) is 1.66. The minimum absolute atomic E-state index is 0.740. The number of aromatic nitrogens is 2. The molecule has 0 atom stereocenters. The molecule has 0 amide bonds. The molecule has 0 aliphatic carbocycles. The molecule has 0 fully saturated rings. The Hall–Kier alpha value is -7.23. The molecule has 11 rings (SSSR count). The summed E-state index contributed by atoms with van der Waals surface area (Å²) in [5, 5.41) is 4.97. The van der Waals surface area contributed by atoms with E-state index in [4.69, 9.17) is 4.99 Å². The van der Waals surface area contributed by atoms with Crippen LogP contribution in [0.15, 0.2) is 205 Å². The fourth-order valence-corrected chi connectivity index (χ4v) is 9.12. The number of allylic oxidation sites excluding steroid dienone is 1. The molecule has 1 aliphatic heterocycles. The van der Waals surface area contributed by atoms with E-state index in [-0.39, 0.29) is 0 Å². The molecule has 3 heteroatoms. The second kappa shape index (κ2) is 13.5. The van der Waals surface area contributed by atoms with E-state index >= 15 is 0 Å². The van der Waals surface area contributed by atoms with Crippen molar-refractivity contribution in [1.29, 1.82) is 0 Å². The van der Waals surface area contributed by atoms with E-state index in [0.29, 0.717) is 0 Å². The van der Waals surface area contributed by atoms with E-state index < -0.39 is 0 Å². The van der Waals surface area contributed by atoms with Gasteiger partial charge < -0.3 is 4.57 Å². The predicted molar refractivity (Wildman–Crippen MR) is 241 cm³/mol. The quantitative estimate of drug-likeness (QED) is 0.168. The van der Waals surface area contributed by atoms with Gasteiger partial charge in [0, 0.05) is 39.2 Å². The van der Waals surface area contributed by atoms with Crippen molar-refractivity contribution in [2.24, 2.45) is 4.99 Å². The molecule has 1 aliphatic rings. The van der Waals surface area contributed by atoms with Gasteiger partial charge in [-0.25, -0.2) is 4.99 Å². The van der Waals surface area contributed by atoms with Crippen molar-refractivity contribution in [1.82, 2.24) is 9.13 Å². The molecule has 0 spiro atoms. The van der Waals surface area contributed by atoms with Crippen molar-refractivity contribution in [3.05, 3.63) is 211 Å². The second-order valence-corrected chi connectivity index (χ2v) is 15.0. The van der Waals surface area contributed by atoms with Crippen molar-refractivity contribution in [3.8, 4) is 27.9 Å². The van der Waals surface area contributed by atoms with E-state index in [0.717, 1.165) is 24.4 Å². The molecule has 0 unspecified atom stereocenters. The molecule has 0 saturated heterocycles. The first-order chi connectivity index (χ1) is 28.2. The third-order valence-electron chi connectivity index (χ3n) is 11.8. The molecule has 0 radical (unpaired) electrons. The summed E-state index contributed by atoms with van der Waals surface area (Å²) >= 11 is 0. The van der Waals surface area contributed by atoms with E-state index in [1.54, 1.807) is 0 Å². The van der Waals surface area contributed by atoms with Gasteiger partial charge in [0.25, 0.3) is 0 Å². The molecule has 3 nitrogen and oxygen atoms in total. The van der Waals surface area contributed by atoms with E-state index in [2.05, 4.69) is 210 Å². The average Bonchev–Trinajstić information content (AvgIpc) is 3.73. The van der Waals surface area contributed by atoms with Crippen LogP contribution in [0.3, 0.4) is 0 Å². The molecular weight excluding hydrogens is 691 g/mol. The normalized spacial score (nSPS) is 13.0. The lowest BCUT2D eigenvalue weighted by atomic mass is 9.89. The van der Waals surface area contributed by atoms with Crippen LogP contribution in [-0.2, 0) is 0 Å². The first-order valence-corrected chi connectivity index (χ1v) is 19.9. The predicted octanol–water partition coefficient (Wildman–Crippen LogP) is 14.4. The van der Waals surface area contributed by atoms with Crippen molar-refractivity contribution in [2.45, 2.75) is 19.8 Å². The summed E-state index contributed by atoms with van der Waals surface area (Å²) in [6, 6.07) is 70.5. The van der Waals surface area contributed by atoms with Crippen molar-refractivity contribution in [3.63, 3.8) is 0 Å². The fraction of sp³-hybridized carbons (Fsp3) is 0.0556. The van der Waals surface area contributed by atoms with Gasteiger partial charge in [-0.15, -0.1) is 0 Å². The average molecular weight is 730 g/mol. The topological polar surface area (TPSA) is 22.2 Å². The van der Waals surface area contributed by atoms with E-state index in [9.17, 15) is 0 Å². The van der Waals surface area contributed by atoms with Gasteiger partial charge >= 0.3 is 0 Å². The number of benzene rings is 8. The highest BCUT2D eigenvalue weighted by atomic mass is 15.1. The lowest BCUT2D eigenvalue weighted by molar-refractivity contribution is 1.03. The molecular formula is C54H39N3. The smallest absolute Gasteiger partial charge is 0.118 e. The Bertz CT molecular complexity index is 3210. The Balaban J connectivity index is 1.08. The minimum Gasteiger partial charge on any atom is -0.309 e. The number of hydrogen-bond acceptors (Lipinski definition) is 1. The van der Waals surface area contributed by atoms with Gasteiger partial charge in [0.2, 0.25) is 0 Å². The summed E-state index contributed by atoms with van der Waals surface area (Å²) in [4.78, 5) is 5.57. The van der Waals surface area contributed by atoms with Gasteiger partial charge in [0.05, 0.1) is 27.8 Å². The van der Waals surface area contributed by atoms with Crippen LogP contribution in [0.25, 0.3) is 77.1 Å². The Kier molecular flexibility index (Phi) is 7.85. The zero-order valence-corrected chi connectivity index (χ0v) is 31.7. The molecule has 2 aromatic heterocycles. The second-order valence-electron chi connectivity index (χ2n) is 15.0. The molecule has 0 bridgehead atoms. The van der Waals surface area contributed by atoms with Crippen LogP contribution in [0.5, 0.6) is 0 Å². The molecule has 10 aromatic rings. The van der Waals surface area contributed by atoms with Crippen LogP contribution in [0, 0.1) is 0 Å². The number of rotatable bonds is 5.